The van der Waals surface area contributed by atoms with Gasteiger partial charge in [-0.25, -0.2) is 0 Å². The lowest BCUT2D eigenvalue weighted by Gasteiger charge is -2.33. The van der Waals surface area contributed by atoms with Gasteiger partial charge < -0.3 is 9.52 Å². The molecule has 0 atom stereocenters. The molecule has 0 bridgehead atoms. The van der Waals surface area contributed by atoms with Crippen molar-refractivity contribution in [1.82, 2.24) is 15.1 Å². The minimum absolute atomic E-state index is 0.300. The van der Waals surface area contributed by atoms with Gasteiger partial charge in [0.2, 0.25) is 11.8 Å². The Morgan fingerprint density at radius 1 is 1.21 bits per heavy atom. The van der Waals surface area contributed by atoms with Crippen LogP contribution in [-0.4, -0.2) is 39.9 Å². The summed E-state index contributed by atoms with van der Waals surface area (Å²) in [4.78, 5) is 2.25. The minimum atomic E-state index is 0.300. The van der Waals surface area contributed by atoms with Crippen molar-refractivity contribution in [1.29, 1.82) is 5.26 Å². The molecule has 1 aromatic heterocycles. The second-order valence-corrected chi connectivity index (χ2v) is 6.46. The highest BCUT2D eigenvalue weighted by Crippen LogP contribution is 2.27. The number of aliphatic hydroxyl groups excluding tert-OH is 1. The molecule has 24 heavy (non-hydrogen) atoms. The van der Waals surface area contributed by atoms with E-state index >= 15 is 0 Å². The molecule has 1 N–H and O–H groups in total. The number of hydrogen-bond donors (Lipinski definition) is 1. The fourth-order valence-electron chi connectivity index (χ4n) is 3.23. The molecule has 0 aliphatic heterocycles. The van der Waals surface area contributed by atoms with Crippen LogP contribution in [0.15, 0.2) is 28.7 Å². The van der Waals surface area contributed by atoms with Crippen molar-refractivity contribution in [3.05, 3.63) is 35.7 Å². The van der Waals surface area contributed by atoms with Crippen molar-refractivity contribution in [3.63, 3.8) is 0 Å². The van der Waals surface area contributed by atoms with Gasteiger partial charge in [-0.15, -0.1) is 10.2 Å². The highest BCUT2D eigenvalue weighted by atomic mass is 16.4. The van der Waals surface area contributed by atoms with Crippen molar-refractivity contribution < 1.29 is 9.52 Å². The predicted molar refractivity (Wildman–Crippen MR) is 88.7 cm³/mol. The van der Waals surface area contributed by atoms with Gasteiger partial charge in [-0.1, -0.05) is 0 Å². The second kappa shape index (κ2) is 7.56. The third-order valence-corrected chi connectivity index (χ3v) is 4.81. The van der Waals surface area contributed by atoms with Gasteiger partial charge in [0.15, 0.2) is 0 Å². The van der Waals surface area contributed by atoms with Gasteiger partial charge in [-0.2, -0.15) is 5.26 Å². The summed E-state index contributed by atoms with van der Waals surface area (Å²) in [7, 11) is 2.08. The molecule has 1 aliphatic carbocycles. The molecular formula is C18H22N4O2. The quantitative estimate of drug-likeness (QED) is 0.909. The van der Waals surface area contributed by atoms with Gasteiger partial charge >= 0.3 is 0 Å². The number of aromatic nitrogens is 2. The van der Waals surface area contributed by atoms with E-state index in [0.717, 1.165) is 31.2 Å². The van der Waals surface area contributed by atoms with Gasteiger partial charge in [-0.05, 0) is 62.9 Å². The topological polar surface area (TPSA) is 86.2 Å². The molecule has 0 spiro atoms. The molecule has 6 nitrogen and oxygen atoms in total. The molecule has 1 aromatic carbocycles. The number of rotatable bonds is 5. The average Bonchev–Trinajstić information content (AvgIpc) is 3.10. The molecule has 126 valence electrons. The standard InChI is InChI=1S/C18H22N4O2/c1-22(16-8-4-14(12-23)5-9-16)11-17-20-21-18(24-17)15-6-2-13(10-19)3-7-15/h2-3,6-7,14,16,23H,4-5,8-9,11-12H2,1H3. The first kappa shape index (κ1) is 16.6. The van der Waals surface area contributed by atoms with E-state index in [1.54, 1.807) is 12.1 Å². The third kappa shape index (κ3) is 3.81. The van der Waals surface area contributed by atoms with E-state index in [-0.39, 0.29) is 0 Å². The van der Waals surface area contributed by atoms with Crippen molar-refractivity contribution >= 4 is 0 Å². The van der Waals surface area contributed by atoms with Gasteiger partial charge in [0.25, 0.3) is 0 Å². The molecule has 2 aromatic rings. The minimum Gasteiger partial charge on any atom is -0.419 e. The summed E-state index contributed by atoms with van der Waals surface area (Å²) >= 11 is 0. The predicted octanol–water partition coefficient (Wildman–Crippen LogP) is 2.59. The highest BCUT2D eigenvalue weighted by Gasteiger charge is 2.24. The van der Waals surface area contributed by atoms with Crippen molar-refractivity contribution in [3.8, 4) is 17.5 Å². The second-order valence-electron chi connectivity index (χ2n) is 6.46. The fourth-order valence-corrected chi connectivity index (χ4v) is 3.23. The van der Waals surface area contributed by atoms with Crippen LogP contribution in [0.4, 0.5) is 0 Å². The maximum Gasteiger partial charge on any atom is 0.247 e. The molecule has 3 rings (SSSR count). The van der Waals surface area contributed by atoms with Crippen LogP contribution in [0.25, 0.3) is 11.5 Å². The number of aliphatic hydroxyl groups is 1. The Kier molecular flexibility index (Phi) is 5.24. The van der Waals surface area contributed by atoms with Gasteiger partial charge in [0.05, 0.1) is 18.2 Å². The van der Waals surface area contributed by atoms with Crippen LogP contribution in [-0.2, 0) is 6.54 Å². The van der Waals surface area contributed by atoms with Crippen LogP contribution in [0.3, 0.4) is 0 Å². The van der Waals surface area contributed by atoms with Crippen LogP contribution < -0.4 is 0 Å². The van der Waals surface area contributed by atoms with Crippen LogP contribution in [0, 0.1) is 17.2 Å². The zero-order valence-electron chi connectivity index (χ0n) is 13.9. The Bertz CT molecular complexity index is 697. The van der Waals surface area contributed by atoms with Crippen molar-refractivity contribution in [2.75, 3.05) is 13.7 Å². The lowest BCUT2D eigenvalue weighted by Crippen LogP contribution is -2.35. The third-order valence-electron chi connectivity index (χ3n) is 4.81. The van der Waals surface area contributed by atoms with Crippen LogP contribution in [0.5, 0.6) is 0 Å². The zero-order chi connectivity index (χ0) is 16.9. The Morgan fingerprint density at radius 3 is 2.54 bits per heavy atom. The van der Waals surface area contributed by atoms with E-state index in [4.69, 9.17) is 9.68 Å². The zero-order valence-corrected chi connectivity index (χ0v) is 13.9. The molecular weight excluding hydrogens is 304 g/mol. The molecule has 0 amide bonds. The van der Waals surface area contributed by atoms with Gasteiger partial charge in [-0.3, -0.25) is 4.90 Å². The molecule has 1 saturated carbocycles. The number of nitriles is 1. The van der Waals surface area contributed by atoms with Gasteiger partial charge in [0, 0.05) is 18.2 Å². The smallest absolute Gasteiger partial charge is 0.247 e. The Labute approximate surface area is 141 Å². The Hall–Kier alpha value is -2.23. The van der Waals surface area contributed by atoms with Crippen molar-refractivity contribution in [2.45, 2.75) is 38.3 Å². The van der Waals surface area contributed by atoms with Crippen molar-refractivity contribution in [2.24, 2.45) is 5.92 Å². The molecule has 0 unspecified atom stereocenters. The van der Waals surface area contributed by atoms with E-state index in [9.17, 15) is 5.11 Å². The van der Waals surface area contributed by atoms with E-state index in [1.807, 2.05) is 12.1 Å². The van der Waals surface area contributed by atoms with Crippen LogP contribution >= 0.6 is 0 Å². The first-order valence-corrected chi connectivity index (χ1v) is 8.33. The molecule has 6 heteroatoms. The number of hydrogen-bond acceptors (Lipinski definition) is 6. The molecule has 0 saturated heterocycles. The summed E-state index contributed by atoms with van der Waals surface area (Å²) < 4.78 is 5.76. The maximum absolute atomic E-state index is 9.23. The molecule has 1 aliphatic rings. The maximum atomic E-state index is 9.23. The summed E-state index contributed by atoms with van der Waals surface area (Å²) in [5.74, 6) is 1.54. The van der Waals surface area contributed by atoms with E-state index < -0.39 is 0 Å². The Morgan fingerprint density at radius 2 is 1.92 bits per heavy atom. The summed E-state index contributed by atoms with van der Waals surface area (Å²) in [5.41, 5.74) is 1.43. The summed E-state index contributed by atoms with van der Waals surface area (Å²) in [6.07, 6.45) is 4.34. The largest absolute Gasteiger partial charge is 0.419 e. The SMILES string of the molecule is CN(Cc1nnc(-c2ccc(C#N)cc2)o1)C1CCC(CO)CC1. The molecule has 1 heterocycles. The first-order valence-electron chi connectivity index (χ1n) is 8.33. The summed E-state index contributed by atoms with van der Waals surface area (Å²) in [6.45, 7) is 0.922. The lowest BCUT2D eigenvalue weighted by atomic mass is 9.86. The first-order chi connectivity index (χ1) is 11.7. The normalized spacial score (nSPS) is 20.9. The highest BCUT2D eigenvalue weighted by molar-refractivity contribution is 5.54. The summed E-state index contributed by atoms with van der Waals surface area (Å²) in [5, 5.41) is 26.3. The van der Waals surface area contributed by atoms with E-state index in [1.165, 1.54) is 0 Å². The average molecular weight is 326 g/mol. The Balaban J connectivity index is 1.60. The number of nitrogens with zero attached hydrogens (tertiary/aromatic N) is 4. The monoisotopic (exact) mass is 326 g/mol. The van der Waals surface area contributed by atoms with Crippen LogP contribution in [0.2, 0.25) is 0 Å². The van der Waals surface area contributed by atoms with Gasteiger partial charge in [0.1, 0.15) is 0 Å². The lowest BCUT2D eigenvalue weighted by molar-refractivity contribution is 0.118. The van der Waals surface area contributed by atoms with E-state index in [0.29, 0.717) is 42.5 Å². The number of benzene rings is 1. The summed E-state index contributed by atoms with van der Waals surface area (Å²) in [6, 6.07) is 9.70. The van der Waals surface area contributed by atoms with Crippen LogP contribution in [0.1, 0.15) is 37.1 Å². The molecule has 0 radical (unpaired) electrons. The van der Waals surface area contributed by atoms with E-state index in [2.05, 4.69) is 28.2 Å². The fraction of sp³-hybridized carbons (Fsp3) is 0.500. The molecule has 1 fully saturated rings.